The van der Waals surface area contributed by atoms with E-state index in [0.29, 0.717) is 13.0 Å². The van der Waals surface area contributed by atoms with Crippen molar-refractivity contribution in [1.29, 1.82) is 0 Å². The summed E-state index contributed by atoms with van der Waals surface area (Å²) in [5.74, 6) is -0.380. The molecule has 0 spiro atoms. The second kappa shape index (κ2) is 6.05. The number of ether oxygens (including phenoxy) is 1. The number of rotatable bonds is 5. The maximum atomic E-state index is 13.1. The van der Waals surface area contributed by atoms with E-state index in [1.54, 1.807) is 13.2 Å². The van der Waals surface area contributed by atoms with Crippen LogP contribution in [0.15, 0.2) is 18.2 Å². The smallest absolute Gasteiger partial charge is 0.142 e. The van der Waals surface area contributed by atoms with Gasteiger partial charge < -0.3 is 10.5 Å². The molecule has 15 heavy (non-hydrogen) atoms. The number of halogens is 2. The summed E-state index contributed by atoms with van der Waals surface area (Å²) in [6.07, 6.45) is 1.40. The molecule has 2 nitrogen and oxygen atoms in total. The second-order valence-electron chi connectivity index (χ2n) is 3.47. The van der Waals surface area contributed by atoms with E-state index in [4.69, 9.17) is 22.1 Å². The Bertz CT molecular complexity index is 319. The Morgan fingerprint density at radius 3 is 2.93 bits per heavy atom. The molecule has 84 valence electrons. The molecule has 0 heterocycles. The number of nitrogens with two attached hydrogens (primary N) is 1. The molecule has 0 aromatic heterocycles. The summed E-state index contributed by atoms with van der Waals surface area (Å²) in [5.41, 5.74) is 6.55. The summed E-state index contributed by atoms with van der Waals surface area (Å²) in [4.78, 5) is 0. The molecule has 0 saturated carbocycles. The monoisotopic (exact) mass is 231 g/mol. The normalized spacial score (nSPS) is 12.8. The molecule has 0 amide bonds. The van der Waals surface area contributed by atoms with E-state index in [2.05, 4.69) is 0 Å². The zero-order valence-electron chi connectivity index (χ0n) is 8.67. The Kier molecular flexibility index (Phi) is 5.02. The zero-order valence-corrected chi connectivity index (χ0v) is 9.43. The van der Waals surface area contributed by atoms with E-state index >= 15 is 0 Å². The predicted octanol–water partition coefficient (Wildman–Crippen LogP) is 2.39. The minimum Gasteiger partial charge on any atom is -0.383 e. The first-order valence-electron chi connectivity index (χ1n) is 4.82. The largest absolute Gasteiger partial charge is 0.383 e. The Morgan fingerprint density at radius 2 is 2.27 bits per heavy atom. The van der Waals surface area contributed by atoms with Gasteiger partial charge in [0, 0.05) is 13.2 Å². The lowest BCUT2D eigenvalue weighted by atomic mass is 10.1. The van der Waals surface area contributed by atoms with Gasteiger partial charge in [0.15, 0.2) is 0 Å². The van der Waals surface area contributed by atoms with Crippen LogP contribution in [0.25, 0.3) is 0 Å². The van der Waals surface area contributed by atoms with Crippen molar-refractivity contribution in [1.82, 2.24) is 0 Å². The number of hydrogen-bond donors (Lipinski definition) is 1. The molecular formula is C11H15ClFNO. The third-order valence-electron chi connectivity index (χ3n) is 2.20. The van der Waals surface area contributed by atoms with Crippen LogP contribution in [-0.4, -0.2) is 19.8 Å². The maximum Gasteiger partial charge on any atom is 0.142 e. The topological polar surface area (TPSA) is 35.2 Å². The van der Waals surface area contributed by atoms with Gasteiger partial charge in [-0.3, -0.25) is 0 Å². The van der Waals surface area contributed by atoms with Crippen molar-refractivity contribution >= 4 is 11.6 Å². The highest BCUT2D eigenvalue weighted by Crippen LogP contribution is 2.21. The summed E-state index contributed by atoms with van der Waals surface area (Å²) >= 11 is 5.81. The molecule has 2 N–H and O–H groups in total. The number of benzene rings is 1. The first-order valence-corrected chi connectivity index (χ1v) is 5.20. The van der Waals surface area contributed by atoms with Gasteiger partial charge in [-0.2, -0.15) is 0 Å². The van der Waals surface area contributed by atoms with Crippen molar-refractivity contribution in [2.24, 2.45) is 5.73 Å². The van der Waals surface area contributed by atoms with E-state index in [1.807, 2.05) is 6.07 Å². The van der Waals surface area contributed by atoms with Crippen LogP contribution < -0.4 is 5.73 Å². The van der Waals surface area contributed by atoms with Crippen molar-refractivity contribution in [2.75, 3.05) is 13.7 Å². The second-order valence-corrected chi connectivity index (χ2v) is 3.85. The molecule has 1 aromatic carbocycles. The van der Waals surface area contributed by atoms with E-state index in [9.17, 15) is 4.39 Å². The van der Waals surface area contributed by atoms with Crippen molar-refractivity contribution in [3.05, 3.63) is 34.6 Å². The lowest BCUT2D eigenvalue weighted by Crippen LogP contribution is -2.26. The number of hydrogen-bond acceptors (Lipinski definition) is 2. The van der Waals surface area contributed by atoms with Crippen molar-refractivity contribution < 1.29 is 9.13 Å². The van der Waals surface area contributed by atoms with Gasteiger partial charge in [0.2, 0.25) is 0 Å². The van der Waals surface area contributed by atoms with Crippen LogP contribution in [0.1, 0.15) is 12.0 Å². The number of aryl methyl sites for hydroxylation is 1. The van der Waals surface area contributed by atoms with Crippen LogP contribution in [0.4, 0.5) is 4.39 Å². The molecule has 0 aliphatic rings. The van der Waals surface area contributed by atoms with Gasteiger partial charge in [-0.15, -0.1) is 0 Å². The van der Waals surface area contributed by atoms with Gasteiger partial charge in [-0.05, 0) is 24.5 Å². The van der Waals surface area contributed by atoms with Gasteiger partial charge in [-0.1, -0.05) is 23.7 Å². The Hall–Kier alpha value is -0.640. The molecule has 4 heteroatoms. The lowest BCUT2D eigenvalue weighted by Gasteiger charge is -2.10. The Balaban J connectivity index is 2.54. The molecule has 1 rings (SSSR count). The third-order valence-corrected chi connectivity index (χ3v) is 2.62. The zero-order chi connectivity index (χ0) is 11.3. The van der Waals surface area contributed by atoms with Crippen LogP contribution in [-0.2, 0) is 11.2 Å². The van der Waals surface area contributed by atoms with E-state index in [0.717, 1.165) is 12.0 Å². The van der Waals surface area contributed by atoms with Crippen molar-refractivity contribution in [3.63, 3.8) is 0 Å². The first-order chi connectivity index (χ1) is 7.15. The first kappa shape index (κ1) is 12.4. The highest BCUT2D eigenvalue weighted by molar-refractivity contribution is 6.31. The van der Waals surface area contributed by atoms with Crippen LogP contribution >= 0.6 is 11.6 Å². The molecule has 0 aliphatic heterocycles. The third kappa shape index (κ3) is 3.78. The quantitative estimate of drug-likeness (QED) is 0.845. The summed E-state index contributed by atoms with van der Waals surface area (Å²) in [5, 5.41) is 0.196. The van der Waals surface area contributed by atoms with Crippen LogP contribution in [0.5, 0.6) is 0 Å². The highest BCUT2D eigenvalue weighted by Gasteiger charge is 2.07. The van der Waals surface area contributed by atoms with E-state index < -0.39 is 0 Å². The summed E-state index contributed by atoms with van der Waals surface area (Å²) in [6, 6.07) is 4.78. The fourth-order valence-electron chi connectivity index (χ4n) is 1.38. The molecule has 0 bridgehead atoms. The summed E-state index contributed by atoms with van der Waals surface area (Å²) < 4.78 is 18.0. The van der Waals surface area contributed by atoms with E-state index in [-0.39, 0.29) is 16.9 Å². The molecule has 1 unspecified atom stereocenters. The average molecular weight is 232 g/mol. The van der Waals surface area contributed by atoms with Crippen LogP contribution in [0.3, 0.4) is 0 Å². The van der Waals surface area contributed by atoms with Gasteiger partial charge in [0.25, 0.3) is 0 Å². The maximum absolute atomic E-state index is 13.1. The minimum atomic E-state index is -0.380. The fourth-order valence-corrected chi connectivity index (χ4v) is 1.60. The van der Waals surface area contributed by atoms with Crippen molar-refractivity contribution in [2.45, 2.75) is 18.9 Å². The summed E-state index contributed by atoms with van der Waals surface area (Å²) in [6.45, 7) is 0.507. The minimum absolute atomic E-state index is 0.0330. The Morgan fingerprint density at radius 1 is 1.53 bits per heavy atom. The summed E-state index contributed by atoms with van der Waals surface area (Å²) in [7, 11) is 1.61. The predicted molar refractivity (Wildman–Crippen MR) is 59.6 cm³/mol. The number of methoxy groups -OCH3 is 1. The van der Waals surface area contributed by atoms with E-state index in [1.165, 1.54) is 6.07 Å². The molecule has 0 aliphatic carbocycles. The molecule has 0 fully saturated rings. The van der Waals surface area contributed by atoms with Crippen molar-refractivity contribution in [3.8, 4) is 0 Å². The molecule has 1 atom stereocenters. The van der Waals surface area contributed by atoms with Crippen LogP contribution in [0, 0.1) is 5.82 Å². The van der Waals surface area contributed by atoms with Gasteiger partial charge in [-0.25, -0.2) is 4.39 Å². The Labute approximate surface area is 94.2 Å². The van der Waals surface area contributed by atoms with Gasteiger partial charge in [0.1, 0.15) is 5.82 Å². The standard InChI is InChI=1S/C11H15ClFNO/c1-15-7-9(14)6-5-8-3-2-4-10(13)11(8)12/h2-4,9H,5-7,14H2,1H3. The average Bonchev–Trinajstić information content (AvgIpc) is 2.21. The highest BCUT2D eigenvalue weighted by atomic mass is 35.5. The fraction of sp³-hybridized carbons (Fsp3) is 0.455. The molecule has 0 radical (unpaired) electrons. The molecule has 1 aromatic rings. The lowest BCUT2D eigenvalue weighted by molar-refractivity contribution is 0.177. The molecule has 0 saturated heterocycles. The van der Waals surface area contributed by atoms with Gasteiger partial charge in [0.05, 0.1) is 11.6 Å². The molecular weight excluding hydrogens is 217 g/mol. The van der Waals surface area contributed by atoms with Crippen LogP contribution in [0.2, 0.25) is 5.02 Å². The SMILES string of the molecule is COCC(N)CCc1cccc(F)c1Cl. The van der Waals surface area contributed by atoms with Gasteiger partial charge >= 0.3 is 0 Å².